The van der Waals surface area contributed by atoms with Crippen LogP contribution in [0.2, 0.25) is 0 Å². The lowest BCUT2D eigenvalue weighted by molar-refractivity contribution is 0.456. The fraction of sp³-hybridized carbons (Fsp3) is 0.250. The number of aryl methyl sites for hydroxylation is 2. The van der Waals surface area contributed by atoms with Gasteiger partial charge in [-0.1, -0.05) is 22.0 Å². The van der Waals surface area contributed by atoms with Crippen molar-refractivity contribution >= 4 is 21.8 Å². The number of hydrogen-bond donors (Lipinski definition) is 2. The molecule has 0 saturated heterocycles. The Hall–Kier alpha value is -1.88. The van der Waals surface area contributed by atoms with Crippen LogP contribution in [0.15, 0.2) is 34.8 Å². The second-order valence-corrected chi connectivity index (χ2v) is 6.04. The summed E-state index contributed by atoms with van der Waals surface area (Å²) < 4.78 is 6.79. The number of benzene rings is 1. The lowest BCUT2D eigenvalue weighted by atomic mass is 9.95. The van der Waals surface area contributed by atoms with Gasteiger partial charge < -0.3 is 10.5 Å². The summed E-state index contributed by atoms with van der Waals surface area (Å²) >= 11 is 3.42. The SMILES string of the molecule is N=C(N)c1cc2c(nc1Oc1cccc(Br)c1)CCCC2. The van der Waals surface area contributed by atoms with Crippen LogP contribution in [0.4, 0.5) is 0 Å². The predicted octanol–water partition coefficient (Wildman–Crippen LogP) is 3.80. The largest absolute Gasteiger partial charge is 0.438 e. The molecule has 3 N–H and O–H groups in total. The number of aromatic nitrogens is 1. The van der Waals surface area contributed by atoms with Gasteiger partial charge >= 0.3 is 0 Å². The van der Waals surface area contributed by atoms with Gasteiger partial charge in [-0.3, -0.25) is 5.41 Å². The van der Waals surface area contributed by atoms with Gasteiger partial charge in [0, 0.05) is 10.2 Å². The Morgan fingerprint density at radius 1 is 1.24 bits per heavy atom. The highest BCUT2D eigenvalue weighted by Crippen LogP contribution is 2.29. The van der Waals surface area contributed by atoms with E-state index in [2.05, 4.69) is 20.9 Å². The molecule has 5 heteroatoms. The van der Waals surface area contributed by atoms with Crippen LogP contribution in [-0.4, -0.2) is 10.8 Å². The zero-order valence-electron chi connectivity index (χ0n) is 11.5. The maximum absolute atomic E-state index is 7.75. The lowest BCUT2D eigenvalue weighted by Gasteiger charge is -2.18. The van der Waals surface area contributed by atoms with Crippen molar-refractivity contribution in [1.82, 2.24) is 4.98 Å². The molecule has 0 amide bonds. The van der Waals surface area contributed by atoms with Gasteiger partial charge in [-0.05, 0) is 55.5 Å². The molecule has 1 aliphatic carbocycles. The van der Waals surface area contributed by atoms with E-state index in [0.29, 0.717) is 17.2 Å². The Morgan fingerprint density at radius 2 is 2.05 bits per heavy atom. The lowest BCUT2D eigenvalue weighted by Crippen LogP contribution is -2.16. The maximum Gasteiger partial charge on any atom is 0.230 e. The number of hydrogen-bond acceptors (Lipinski definition) is 3. The Kier molecular flexibility index (Phi) is 3.92. The number of fused-ring (bicyclic) bond motifs is 1. The first-order valence-electron chi connectivity index (χ1n) is 6.94. The van der Waals surface area contributed by atoms with Crippen LogP contribution in [-0.2, 0) is 12.8 Å². The van der Waals surface area contributed by atoms with E-state index in [1.165, 1.54) is 5.56 Å². The monoisotopic (exact) mass is 345 g/mol. The Balaban J connectivity index is 2.01. The quantitative estimate of drug-likeness (QED) is 0.656. The van der Waals surface area contributed by atoms with Gasteiger partial charge in [0.15, 0.2) is 0 Å². The molecule has 1 aromatic heterocycles. The van der Waals surface area contributed by atoms with E-state index < -0.39 is 0 Å². The number of nitrogens with zero attached hydrogens (tertiary/aromatic N) is 1. The third-order valence-electron chi connectivity index (χ3n) is 3.57. The van der Waals surface area contributed by atoms with Crippen molar-refractivity contribution in [3.63, 3.8) is 0 Å². The van der Waals surface area contributed by atoms with Crippen molar-refractivity contribution < 1.29 is 4.74 Å². The number of nitrogens with one attached hydrogen (secondary N) is 1. The molecule has 0 aliphatic heterocycles. The normalized spacial score (nSPS) is 13.6. The van der Waals surface area contributed by atoms with E-state index in [9.17, 15) is 0 Å². The molecule has 1 heterocycles. The van der Waals surface area contributed by atoms with E-state index in [1.807, 2.05) is 30.3 Å². The average molecular weight is 346 g/mol. The van der Waals surface area contributed by atoms with Crippen molar-refractivity contribution in [3.8, 4) is 11.6 Å². The van der Waals surface area contributed by atoms with Gasteiger partial charge in [0.1, 0.15) is 11.6 Å². The molecule has 3 rings (SSSR count). The van der Waals surface area contributed by atoms with Crippen LogP contribution in [0, 0.1) is 5.41 Å². The Labute approximate surface area is 132 Å². The number of pyridine rings is 1. The first kappa shape index (κ1) is 14.1. The molecule has 0 saturated carbocycles. The number of nitrogens with two attached hydrogens (primary N) is 1. The summed E-state index contributed by atoms with van der Waals surface area (Å²) in [6, 6.07) is 9.50. The first-order valence-corrected chi connectivity index (χ1v) is 7.73. The molecule has 0 bridgehead atoms. The molecule has 108 valence electrons. The predicted molar refractivity (Wildman–Crippen MR) is 86.1 cm³/mol. The average Bonchev–Trinajstić information content (AvgIpc) is 2.46. The van der Waals surface area contributed by atoms with Crippen molar-refractivity contribution in [3.05, 3.63) is 51.6 Å². The van der Waals surface area contributed by atoms with E-state index >= 15 is 0 Å². The summed E-state index contributed by atoms with van der Waals surface area (Å²) in [4.78, 5) is 4.60. The molecule has 0 unspecified atom stereocenters. The third-order valence-corrected chi connectivity index (χ3v) is 4.06. The summed E-state index contributed by atoms with van der Waals surface area (Å²) in [5.74, 6) is 1.08. The van der Waals surface area contributed by atoms with Crippen LogP contribution >= 0.6 is 15.9 Å². The highest BCUT2D eigenvalue weighted by molar-refractivity contribution is 9.10. The van der Waals surface area contributed by atoms with Gasteiger partial charge in [0.2, 0.25) is 5.88 Å². The molecule has 0 spiro atoms. The minimum absolute atomic E-state index is 0.0131. The van der Waals surface area contributed by atoms with Crippen LogP contribution in [0.25, 0.3) is 0 Å². The molecular weight excluding hydrogens is 330 g/mol. The fourth-order valence-corrected chi connectivity index (χ4v) is 2.91. The van der Waals surface area contributed by atoms with E-state index in [4.69, 9.17) is 15.9 Å². The first-order chi connectivity index (χ1) is 10.1. The Bertz CT molecular complexity index is 700. The molecule has 21 heavy (non-hydrogen) atoms. The van der Waals surface area contributed by atoms with Gasteiger partial charge in [0.05, 0.1) is 5.56 Å². The second kappa shape index (κ2) is 5.85. The van der Waals surface area contributed by atoms with Crippen molar-refractivity contribution in [2.45, 2.75) is 25.7 Å². The molecule has 2 aromatic rings. The number of ether oxygens (including phenoxy) is 1. The summed E-state index contributed by atoms with van der Waals surface area (Å²) in [7, 11) is 0. The maximum atomic E-state index is 7.75. The summed E-state index contributed by atoms with van der Waals surface area (Å²) in [6.45, 7) is 0. The molecular formula is C16H16BrN3O. The molecule has 0 fully saturated rings. The van der Waals surface area contributed by atoms with Crippen LogP contribution in [0.1, 0.15) is 29.7 Å². The third kappa shape index (κ3) is 3.08. The minimum atomic E-state index is -0.0131. The summed E-state index contributed by atoms with van der Waals surface area (Å²) in [6.07, 6.45) is 4.27. The smallest absolute Gasteiger partial charge is 0.230 e. The Morgan fingerprint density at radius 3 is 2.81 bits per heavy atom. The van der Waals surface area contributed by atoms with Gasteiger partial charge in [-0.15, -0.1) is 0 Å². The molecule has 1 aromatic carbocycles. The number of rotatable bonds is 3. The van der Waals surface area contributed by atoms with E-state index in [0.717, 1.165) is 35.8 Å². The van der Waals surface area contributed by atoms with E-state index in [1.54, 1.807) is 0 Å². The summed E-state index contributed by atoms with van der Waals surface area (Å²) in [5.41, 5.74) is 8.50. The second-order valence-electron chi connectivity index (χ2n) is 5.13. The molecule has 0 radical (unpaired) electrons. The van der Waals surface area contributed by atoms with Gasteiger partial charge in [0.25, 0.3) is 0 Å². The molecule has 0 atom stereocenters. The topological polar surface area (TPSA) is 72.0 Å². The zero-order chi connectivity index (χ0) is 14.8. The molecule has 4 nitrogen and oxygen atoms in total. The number of halogens is 1. The number of amidine groups is 1. The molecule has 1 aliphatic rings. The van der Waals surface area contributed by atoms with Gasteiger partial charge in [-0.2, -0.15) is 0 Å². The zero-order valence-corrected chi connectivity index (χ0v) is 13.1. The highest BCUT2D eigenvalue weighted by atomic mass is 79.9. The number of nitrogen functional groups attached to an aromatic ring is 1. The van der Waals surface area contributed by atoms with Crippen molar-refractivity contribution in [1.29, 1.82) is 5.41 Å². The van der Waals surface area contributed by atoms with Crippen LogP contribution < -0.4 is 10.5 Å². The minimum Gasteiger partial charge on any atom is -0.438 e. The van der Waals surface area contributed by atoms with Crippen LogP contribution in [0.5, 0.6) is 11.6 Å². The van der Waals surface area contributed by atoms with Crippen LogP contribution in [0.3, 0.4) is 0 Å². The van der Waals surface area contributed by atoms with Gasteiger partial charge in [-0.25, -0.2) is 4.98 Å². The fourth-order valence-electron chi connectivity index (χ4n) is 2.53. The summed E-state index contributed by atoms with van der Waals surface area (Å²) in [5, 5.41) is 7.75. The van der Waals surface area contributed by atoms with Crippen molar-refractivity contribution in [2.24, 2.45) is 5.73 Å². The standard InChI is InChI=1S/C16H16BrN3O/c17-11-5-3-6-12(9-11)21-16-13(15(18)19)8-10-4-1-2-7-14(10)20-16/h3,5-6,8-9H,1-2,4,7H2,(H3,18,19). The highest BCUT2D eigenvalue weighted by Gasteiger charge is 2.18. The van der Waals surface area contributed by atoms with Crippen molar-refractivity contribution in [2.75, 3.05) is 0 Å². The van der Waals surface area contributed by atoms with E-state index in [-0.39, 0.29) is 5.84 Å².